The molecule has 3 heterocycles. The highest BCUT2D eigenvalue weighted by Crippen LogP contribution is 2.27. The molecule has 2 aromatic rings. The minimum Gasteiger partial charge on any atom is -0.384 e. The van der Waals surface area contributed by atoms with E-state index in [1.165, 1.54) is 11.3 Å². The fourth-order valence-electron chi connectivity index (χ4n) is 2.10. The molecule has 0 saturated carbocycles. The van der Waals surface area contributed by atoms with Gasteiger partial charge in [0.25, 0.3) is 5.91 Å². The third-order valence-corrected chi connectivity index (χ3v) is 3.98. The van der Waals surface area contributed by atoms with Gasteiger partial charge in [0.2, 0.25) is 5.89 Å². The number of carbonyl (C=O) groups is 1. The Morgan fingerprint density at radius 2 is 2.45 bits per heavy atom. The quantitative estimate of drug-likeness (QED) is 0.837. The Labute approximate surface area is 120 Å². The van der Waals surface area contributed by atoms with Crippen molar-refractivity contribution in [2.24, 2.45) is 0 Å². The Bertz CT molecular complexity index is 575. The van der Waals surface area contributed by atoms with Crippen LogP contribution in [0.4, 0.5) is 0 Å². The van der Waals surface area contributed by atoms with Gasteiger partial charge in [0.05, 0.1) is 18.1 Å². The maximum Gasteiger partial charge on any atom is 0.254 e. The summed E-state index contributed by atoms with van der Waals surface area (Å²) in [6.45, 7) is 1.85. The molecular formula is C13H15N3O3S. The average Bonchev–Trinajstić information content (AvgIpc) is 3.06. The molecule has 1 amide bonds. The third kappa shape index (κ3) is 2.59. The van der Waals surface area contributed by atoms with Crippen molar-refractivity contribution >= 4 is 17.2 Å². The van der Waals surface area contributed by atoms with Gasteiger partial charge in [-0.1, -0.05) is 5.16 Å². The summed E-state index contributed by atoms with van der Waals surface area (Å²) in [4.78, 5) is 18.2. The smallest absolute Gasteiger partial charge is 0.254 e. The van der Waals surface area contributed by atoms with Crippen molar-refractivity contribution in [3.05, 3.63) is 34.1 Å². The fraction of sp³-hybridized carbons (Fsp3) is 0.462. The van der Waals surface area contributed by atoms with Crippen LogP contribution >= 0.6 is 11.3 Å². The lowest BCUT2D eigenvalue weighted by atomic mass is 9.99. The van der Waals surface area contributed by atoms with E-state index in [1.807, 2.05) is 16.8 Å². The third-order valence-electron chi connectivity index (χ3n) is 3.30. The van der Waals surface area contributed by atoms with Crippen LogP contribution in [0.25, 0.3) is 0 Å². The number of thiophene rings is 1. The number of hydrogen-bond donors (Lipinski definition) is 0. The van der Waals surface area contributed by atoms with Crippen LogP contribution < -0.4 is 0 Å². The molecular weight excluding hydrogens is 278 g/mol. The molecule has 0 aromatic carbocycles. The van der Waals surface area contributed by atoms with Crippen molar-refractivity contribution in [2.75, 3.05) is 26.8 Å². The van der Waals surface area contributed by atoms with Crippen LogP contribution in [0.5, 0.6) is 0 Å². The van der Waals surface area contributed by atoms with E-state index in [0.717, 1.165) is 5.56 Å². The summed E-state index contributed by atoms with van der Waals surface area (Å²) < 4.78 is 10.2. The molecule has 3 rings (SSSR count). The van der Waals surface area contributed by atoms with Crippen LogP contribution in [0, 0.1) is 0 Å². The minimum atomic E-state index is 0.0709. The van der Waals surface area contributed by atoms with Crippen LogP contribution in [-0.2, 0) is 11.2 Å². The van der Waals surface area contributed by atoms with E-state index < -0.39 is 0 Å². The molecule has 0 bridgehead atoms. The molecule has 0 N–H and O–H groups in total. The molecule has 0 radical (unpaired) electrons. The van der Waals surface area contributed by atoms with E-state index in [-0.39, 0.29) is 11.8 Å². The second-order valence-electron chi connectivity index (χ2n) is 4.71. The molecule has 0 unspecified atom stereocenters. The van der Waals surface area contributed by atoms with E-state index >= 15 is 0 Å². The number of carbonyl (C=O) groups excluding carboxylic acids is 1. The zero-order valence-electron chi connectivity index (χ0n) is 11.1. The number of nitrogens with zero attached hydrogens (tertiary/aromatic N) is 3. The fourth-order valence-corrected chi connectivity index (χ4v) is 2.73. The molecule has 6 nitrogen and oxygen atoms in total. The number of likely N-dealkylation sites (tertiary alicyclic amines) is 1. The lowest BCUT2D eigenvalue weighted by Gasteiger charge is -2.36. The van der Waals surface area contributed by atoms with Gasteiger partial charge in [-0.3, -0.25) is 4.79 Å². The van der Waals surface area contributed by atoms with Gasteiger partial charge in [0, 0.05) is 32.0 Å². The molecule has 1 saturated heterocycles. The van der Waals surface area contributed by atoms with Crippen LogP contribution in [0.3, 0.4) is 0 Å². The van der Waals surface area contributed by atoms with Crippen molar-refractivity contribution in [3.63, 3.8) is 0 Å². The van der Waals surface area contributed by atoms with Gasteiger partial charge in [0.1, 0.15) is 0 Å². The van der Waals surface area contributed by atoms with Gasteiger partial charge in [0.15, 0.2) is 5.82 Å². The summed E-state index contributed by atoms with van der Waals surface area (Å²) in [5.74, 6) is 1.50. The number of aromatic nitrogens is 2. The average molecular weight is 293 g/mol. The molecule has 1 aliphatic heterocycles. The summed E-state index contributed by atoms with van der Waals surface area (Å²) in [6, 6.07) is 1.84. The number of methoxy groups -OCH3 is 1. The maximum absolute atomic E-state index is 12.1. The van der Waals surface area contributed by atoms with E-state index in [4.69, 9.17) is 9.26 Å². The van der Waals surface area contributed by atoms with Crippen LogP contribution in [-0.4, -0.2) is 47.8 Å². The van der Waals surface area contributed by atoms with E-state index in [9.17, 15) is 4.79 Å². The van der Waals surface area contributed by atoms with Crippen molar-refractivity contribution < 1.29 is 14.1 Å². The minimum absolute atomic E-state index is 0.0709. The monoisotopic (exact) mass is 293 g/mol. The van der Waals surface area contributed by atoms with Crippen molar-refractivity contribution in [2.45, 2.75) is 12.3 Å². The Morgan fingerprint density at radius 3 is 3.15 bits per heavy atom. The van der Waals surface area contributed by atoms with Gasteiger partial charge >= 0.3 is 0 Å². The first kappa shape index (κ1) is 13.3. The molecule has 1 fully saturated rings. The normalized spacial score (nSPS) is 15.3. The summed E-state index contributed by atoms with van der Waals surface area (Å²) in [5, 5.41) is 7.68. The molecule has 20 heavy (non-hydrogen) atoms. The van der Waals surface area contributed by atoms with E-state index in [0.29, 0.717) is 37.8 Å². The first-order valence-corrected chi connectivity index (χ1v) is 7.35. The van der Waals surface area contributed by atoms with Crippen LogP contribution in [0.1, 0.15) is 28.0 Å². The number of amides is 1. The lowest BCUT2D eigenvalue weighted by molar-refractivity contribution is 0.0570. The molecule has 1 aliphatic rings. The predicted molar refractivity (Wildman–Crippen MR) is 72.8 cm³/mol. The first-order chi connectivity index (χ1) is 9.78. The van der Waals surface area contributed by atoms with Crippen molar-refractivity contribution in [1.29, 1.82) is 0 Å². The lowest BCUT2D eigenvalue weighted by Crippen LogP contribution is -2.48. The Hall–Kier alpha value is -1.73. The van der Waals surface area contributed by atoms with Crippen LogP contribution in [0.15, 0.2) is 21.3 Å². The zero-order chi connectivity index (χ0) is 13.9. The first-order valence-electron chi connectivity index (χ1n) is 6.41. The second-order valence-corrected chi connectivity index (χ2v) is 5.49. The summed E-state index contributed by atoms with van der Waals surface area (Å²) in [5.41, 5.74) is 0.750. The Morgan fingerprint density at radius 1 is 1.60 bits per heavy atom. The van der Waals surface area contributed by atoms with Crippen molar-refractivity contribution in [3.8, 4) is 0 Å². The Balaban J connectivity index is 1.55. The van der Waals surface area contributed by atoms with Gasteiger partial charge in [-0.25, -0.2) is 0 Å². The second kappa shape index (κ2) is 5.72. The van der Waals surface area contributed by atoms with Gasteiger partial charge in [-0.05, 0) is 11.4 Å². The van der Waals surface area contributed by atoms with E-state index in [2.05, 4.69) is 10.1 Å². The largest absolute Gasteiger partial charge is 0.384 e. The Kier molecular flexibility index (Phi) is 3.79. The number of hydrogen-bond acceptors (Lipinski definition) is 6. The SMILES string of the molecule is COCCc1noc(C2CN(C(=O)c3ccsc3)C2)n1. The van der Waals surface area contributed by atoms with Gasteiger partial charge in [-0.15, -0.1) is 0 Å². The number of ether oxygens (including phenoxy) is 1. The molecule has 0 atom stereocenters. The molecule has 0 aliphatic carbocycles. The summed E-state index contributed by atoms with van der Waals surface area (Å²) in [6.07, 6.45) is 0.643. The van der Waals surface area contributed by atoms with Gasteiger partial charge in [-0.2, -0.15) is 16.3 Å². The predicted octanol–water partition coefficient (Wildman–Crippen LogP) is 1.56. The zero-order valence-corrected chi connectivity index (χ0v) is 11.9. The summed E-state index contributed by atoms with van der Waals surface area (Å²) in [7, 11) is 1.64. The topological polar surface area (TPSA) is 68.5 Å². The highest BCUT2D eigenvalue weighted by Gasteiger charge is 2.35. The van der Waals surface area contributed by atoms with Crippen molar-refractivity contribution in [1.82, 2.24) is 15.0 Å². The molecule has 7 heteroatoms. The molecule has 106 valence electrons. The highest BCUT2D eigenvalue weighted by atomic mass is 32.1. The summed E-state index contributed by atoms with van der Waals surface area (Å²) >= 11 is 1.53. The standard InChI is InChI=1S/C13H15N3O3S/c1-18-4-2-11-14-12(19-15-11)10-6-16(7-10)13(17)9-3-5-20-8-9/h3,5,8,10H,2,4,6-7H2,1H3. The molecule has 0 spiro atoms. The van der Waals surface area contributed by atoms with E-state index in [1.54, 1.807) is 12.0 Å². The number of rotatable bonds is 5. The maximum atomic E-state index is 12.1. The van der Waals surface area contributed by atoms with Gasteiger partial charge < -0.3 is 14.2 Å². The molecule has 2 aromatic heterocycles. The highest BCUT2D eigenvalue weighted by molar-refractivity contribution is 7.08. The van der Waals surface area contributed by atoms with Crippen LogP contribution in [0.2, 0.25) is 0 Å².